The second-order valence-corrected chi connectivity index (χ2v) is 6.83. The molecule has 2 aromatic carbocycles. The number of carbonyl (C=O) groups excluding carboxylic acids is 1. The number of amides is 1. The Morgan fingerprint density at radius 2 is 1.81 bits per heavy atom. The predicted octanol–water partition coefficient (Wildman–Crippen LogP) is 4.30. The number of nitrogens with zero attached hydrogens (tertiary/aromatic N) is 3. The number of aliphatic imine (C=N–C) groups is 1. The lowest BCUT2D eigenvalue weighted by Gasteiger charge is -2.10. The molecule has 0 saturated heterocycles. The number of hydrogen-bond acceptors (Lipinski definition) is 5. The number of hydrogen-bond donors (Lipinski definition) is 2. The van der Waals surface area contributed by atoms with Crippen molar-refractivity contribution in [3.63, 3.8) is 0 Å². The molecule has 4 rings (SSSR count). The first kappa shape index (κ1) is 19.9. The zero-order valence-electron chi connectivity index (χ0n) is 16.6. The largest absolute Gasteiger partial charge is 0.478 e. The quantitative estimate of drug-likeness (QED) is 0.478. The maximum Gasteiger partial charge on any atom is 0.337 e. The van der Waals surface area contributed by atoms with Crippen molar-refractivity contribution in [2.75, 3.05) is 12.4 Å². The van der Waals surface area contributed by atoms with Crippen LogP contribution in [0.4, 0.5) is 5.69 Å². The smallest absolute Gasteiger partial charge is 0.337 e. The van der Waals surface area contributed by atoms with Gasteiger partial charge in [0.1, 0.15) is 0 Å². The first-order valence-corrected chi connectivity index (χ1v) is 9.46. The molecular formula is C24H18N4O3. The van der Waals surface area contributed by atoms with E-state index in [-0.39, 0.29) is 11.3 Å². The maximum atomic E-state index is 12.8. The van der Waals surface area contributed by atoms with Gasteiger partial charge in [0.2, 0.25) is 0 Å². The van der Waals surface area contributed by atoms with Gasteiger partial charge in [0.05, 0.1) is 22.3 Å². The molecule has 7 nitrogen and oxygen atoms in total. The van der Waals surface area contributed by atoms with Gasteiger partial charge in [-0.1, -0.05) is 24.3 Å². The Bertz CT molecular complexity index is 1330. The molecule has 4 aromatic rings. The number of benzene rings is 2. The van der Waals surface area contributed by atoms with E-state index in [1.807, 2.05) is 30.3 Å². The fourth-order valence-corrected chi connectivity index (χ4v) is 3.22. The van der Waals surface area contributed by atoms with Crippen molar-refractivity contribution in [1.82, 2.24) is 9.97 Å². The monoisotopic (exact) mass is 410 g/mol. The van der Waals surface area contributed by atoms with E-state index in [2.05, 4.69) is 20.3 Å². The first-order chi connectivity index (χ1) is 15.0. The number of anilines is 1. The van der Waals surface area contributed by atoms with Gasteiger partial charge in [-0.05, 0) is 35.9 Å². The summed E-state index contributed by atoms with van der Waals surface area (Å²) in [6, 6.07) is 16.1. The molecule has 0 aliphatic carbocycles. The summed E-state index contributed by atoms with van der Waals surface area (Å²) < 4.78 is 0. The summed E-state index contributed by atoms with van der Waals surface area (Å²) >= 11 is 0. The number of carboxylic acids is 1. The fraction of sp³-hybridized carbons (Fsp3) is 0.0417. The molecule has 7 heteroatoms. The van der Waals surface area contributed by atoms with Crippen molar-refractivity contribution >= 4 is 34.7 Å². The van der Waals surface area contributed by atoms with Gasteiger partial charge in [-0.15, -0.1) is 0 Å². The average Bonchev–Trinajstić information content (AvgIpc) is 2.80. The number of nitrogens with one attached hydrogen (secondary N) is 1. The molecule has 0 unspecified atom stereocenters. The molecule has 31 heavy (non-hydrogen) atoms. The summed E-state index contributed by atoms with van der Waals surface area (Å²) in [4.78, 5) is 36.9. The zero-order valence-corrected chi connectivity index (χ0v) is 16.6. The fourth-order valence-electron chi connectivity index (χ4n) is 3.22. The minimum atomic E-state index is -1.14. The van der Waals surface area contributed by atoms with E-state index in [0.717, 1.165) is 22.0 Å². The summed E-state index contributed by atoms with van der Waals surface area (Å²) in [5.41, 5.74) is 3.56. The standard InChI is InChI=1S/C24H18N4O3/c1-25-11-15-6-7-22(20(8-15)24(30)31)28-23(29)19-10-17(12-26-13-19)18-9-16-4-2-3-5-21(16)27-14-18/h2-14H,1H3,(H,28,29)(H,30,31). The predicted molar refractivity (Wildman–Crippen MR) is 120 cm³/mol. The molecule has 0 bridgehead atoms. The van der Waals surface area contributed by atoms with E-state index >= 15 is 0 Å². The lowest BCUT2D eigenvalue weighted by molar-refractivity contribution is 0.0698. The van der Waals surface area contributed by atoms with Gasteiger partial charge in [-0.25, -0.2) is 4.79 Å². The van der Waals surface area contributed by atoms with E-state index in [1.165, 1.54) is 12.3 Å². The summed E-state index contributed by atoms with van der Waals surface area (Å²) in [5, 5.41) is 13.2. The second kappa shape index (κ2) is 8.54. The third kappa shape index (κ3) is 4.30. The Morgan fingerprint density at radius 1 is 1.00 bits per heavy atom. The van der Waals surface area contributed by atoms with Crippen molar-refractivity contribution in [3.8, 4) is 11.1 Å². The minimum Gasteiger partial charge on any atom is -0.478 e. The second-order valence-electron chi connectivity index (χ2n) is 6.83. The Hall–Kier alpha value is -4.39. The van der Waals surface area contributed by atoms with Gasteiger partial charge < -0.3 is 10.4 Å². The van der Waals surface area contributed by atoms with Gasteiger partial charge in [0.25, 0.3) is 5.91 Å². The first-order valence-electron chi connectivity index (χ1n) is 9.46. The highest BCUT2D eigenvalue weighted by Crippen LogP contribution is 2.24. The van der Waals surface area contributed by atoms with Crippen molar-refractivity contribution in [1.29, 1.82) is 0 Å². The van der Waals surface area contributed by atoms with Crippen LogP contribution >= 0.6 is 0 Å². The van der Waals surface area contributed by atoms with Crippen molar-refractivity contribution in [3.05, 3.63) is 89.9 Å². The summed E-state index contributed by atoms with van der Waals surface area (Å²) in [7, 11) is 1.60. The summed E-state index contributed by atoms with van der Waals surface area (Å²) in [5.74, 6) is -1.60. The maximum absolute atomic E-state index is 12.8. The summed E-state index contributed by atoms with van der Waals surface area (Å²) in [6.07, 6.45) is 6.37. The van der Waals surface area contributed by atoms with E-state index in [4.69, 9.17) is 0 Å². The SMILES string of the molecule is CN=Cc1ccc(NC(=O)c2cncc(-c3cnc4ccccc4c3)c2)c(C(=O)O)c1. The lowest BCUT2D eigenvalue weighted by atomic mass is 10.0. The van der Waals surface area contributed by atoms with Crippen LogP contribution in [0, 0.1) is 0 Å². The van der Waals surface area contributed by atoms with Gasteiger partial charge in [0, 0.05) is 48.4 Å². The van der Waals surface area contributed by atoms with Crippen LogP contribution in [-0.2, 0) is 0 Å². The van der Waals surface area contributed by atoms with Crippen LogP contribution in [0.3, 0.4) is 0 Å². The molecule has 152 valence electrons. The highest BCUT2D eigenvalue weighted by Gasteiger charge is 2.15. The highest BCUT2D eigenvalue weighted by atomic mass is 16.4. The van der Waals surface area contributed by atoms with Crippen LogP contribution in [0.5, 0.6) is 0 Å². The number of aromatic nitrogens is 2. The molecule has 2 aromatic heterocycles. The Kier molecular flexibility index (Phi) is 5.49. The average molecular weight is 410 g/mol. The Labute approximate surface area is 178 Å². The molecule has 1 amide bonds. The third-order valence-corrected chi connectivity index (χ3v) is 4.72. The lowest BCUT2D eigenvalue weighted by Crippen LogP contribution is -2.15. The molecular weight excluding hydrogens is 392 g/mol. The molecule has 2 heterocycles. The van der Waals surface area contributed by atoms with Crippen molar-refractivity contribution < 1.29 is 14.7 Å². The van der Waals surface area contributed by atoms with Crippen LogP contribution in [0.2, 0.25) is 0 Å². The van der Waals surface area contributed by atoms with Crippen LogP contribution in [0.25, 0.3) is 22.0 Å². The minimum absolute atomic E-state index is 0.0198. The molecule has 0 aliphatic heterocycles. The van der Waals surface area contributed by atoms with E-state index in [9.17, 15) is 14.7 Å². The number of pyridine rings is 2. The molecule has 0 saturated carbocycles. The topological polar surface area (TPSA) is 105 Å². The highest BCUT2D eigenvalue weighted by molar-refractivity contribution is 6.08. The molecule has 0 aliphatic rings. The van der Waals surface area contributed by atoms with Crippen LogP contribution < -0.4 is 5.32 Å². The molecule has 0 fully saturated rings. The van der Waals surface area contributed by atoms with Crippen molar-refractivity contribution in [2.24, 2.45) is 4.99 Å². The number of rotatable bonds is 5. The van der Waals surface area contributed by atoms with Crippen molar-refractivity contribution in [2.45, 2.75) is 0 Å². The van der Waals surface area contributed by atoms with Gasteiger partial charge in [0.15, 0.2) is 0 Å². The van der Waals surface area contributed by atoms with Gasteiger partial charge in [-0.3, -0.25) is 19.8 Å². The number of carboxylic acid groups (broad SMARTS) is 1. The molecule has 2 N–H and O–H groups in total. The zero-order chi connectivity index (χ0) is 21.8. The Morgan fingerprint density at radius 3 is 2.61 bits per heavy atom. The van der Waals surface area contributed by atoms with Gasteiger partial charge >= 0.3 is 5.97 Å². The van der Waals surface area contributed by atoms with Crippen LogP contribution in [0.15, 0.2) is 78.2 Å². The normalized spacial score (nSPS) is 11.0. The van der Waals surface area contributed by atoms with Crippen LogP contribution in [-0.4, -0.2) is 40.2 Å². The van der Waals surface area contributed by atoms with Crippen LogP contribution in [0.1, 0.15) is 26.3 Å². The molecule has 0 atom stereocenters. The van der Waals surface area contributed by atoms with E-state index in [1.54, 1.807) is 43.9 Å². The summed E-state index contributed by atoms with van der Waals surface area (Å²) in [6.45, 7) is 0. The number of carbonyl (C=O) groups is 2. The third-order valence-electron chi connectivity index (χ3n) is 4.72. The van der Waals surface area contributed by atoms with Gasteiger partial charge in [-0.2, -0.15) is 0 Å². The van der Waals surface area contributed by atoms with E-state index in [0.29, 0.717) is 11.1 Å². The van der Waals surface area contributed by atoms with E-state index < -0.39 is 11.9 Å². The molecule has 0 radical (unpaired) electrons. The number of aromatic carboxylic acids is 1. The molecule has 0 spiro atoms. The Balaban J connectivity index is 1.63. The number of para-hydroxylation sites is 1. The number of fused-ring (bicyclic) bond motifs is 1.